The van der Waals surface area contributed by atoms with Crippen LogP contribution in [0.15, 0.2) is 60.9 Å². The van der Waals surface area contributed by atoms with E-state index in [4.69, 9.17) is 4.74 Å². The number of piperazine rings is 1. The number of benzene rings is 2. The lowest BCUT2D eigenvalue weighted by Crippen LogP contribution is -2.52. The van der Waals surface area contributed by atoms with Gasteiger partial charge in [-0.25, -0.2) is 18.7 Å². The SMILES string of the molecule is CC(Oc1ccccc1F)C(=O)N1CCN(c2cc(-c3ccc(F)cc3)ncn2)CC1. The van der Waals surface area contributed by atoms with Crippen molar-refractivity contribution in [2.45, 2.75) is 13.0 Å². The molecule has 3 aromatic rings. The van der Waals surface area contributed by atoms with Gasteiger partial charge in [0.25, 0.3) is 5.91 Å². The van der Waals surface area contributed by atoms with Gasteiger partial charge < -0.3 is 14.5 Å². The molecule has 4 rings (SSSR count). The normalized spacial score (nSPS) is 14.9. The summed E-state index contributed by atoms with van der Waals surface area (Å²) in [4.78, 5) is 25.1. The Morgan fingerprint density at radius 3 is 2.42 bits per heavy atom. The van der Waals surface area contributed by atoms with Crippen molar-refractivity contribution in [1.29, 1.82) is 0 Å². The minimum Gasteiger partial charge on any atom is -0.478 e. The molecule has 1 atom stereocenters. The molecule has 0 saturated carbocycles. The molecule has 1 aliphatic rings. The molecular formula is C23H22F2N4O2. The maximum atomic E-state index is 13.8. The molecule has 1 aliphatic heterocycles. The first-order valence-electron chi connectivity index (χ1n) is 10.0. The van der Waals surface area contributed by atoms with Crippen LogP contribution in [0, 0.1) is 11.6 Å². The Labute approximate surface area is 179 Å². The molecule has 2 aromatic carbocycles. The number of carbonyl (C=O) groups excluding carboxylic acids is 1. The molecule has 2 heterocycles. The van der Waals surface area contributed by atoms with Gasteiger partial charge in [0.2, 0.25) is 0 Å². The molecule has 0 N–H and O–H groups in total. The van der Waals surface area contributed by atoms with Crippen LogP contribution in [0.2, 0.25) is 0 Å². The fourth-order valence-electron chi connectivity index (χ4n) is 3.49. The van der Waals surface area contributed by atoms with Crippen molar-refractivity contribution in [1.82, 2.24) is 14.9 Å². The van der Waals surface area contributed by atoms with E-state index >= 15 is 0 Å². The smallest absolute Gasteiger partial charge is 0.263 e. The van der Waals surface area contributed by atoms with Crippen LogP contribution in [0.1, 0.15) is 6.92 Å². The van der Waals surface area contributed by atoms with Crippen LogP contribution in [0.5, 0.6) is 5.75 Å². The number of carbonyl (C=O) groups is 1. The van der Waals surface area contributed by atoms with E-state index in [9.17, 15) is 13.6 Å². The highest BCUT2D eigenvalue weighted by molar-refractivity contribution is 5.81. The van der Waals surface area contributed by atoms with Crippen LogP contribution < -0.4 is 9.64 Å². The number of ether oxygens (including phenoxy) is 1. The molecular weight excluding hydrogens is 402 g/mol. The summed E-state index contributed by atoms with van der Waals surface area (Å²) in [5.74, 6) is -0.161. The van der Waals surface area contributed by atoms with Gasteiger partial charge in [0, 0.05) is 37.8 Å². The van der Waals surface area contributed by atoms with Crippen LogP contribution in [-0.4, -0.2) is 53.1 Å². The molecule has 160 valence electrons. The van der Waals surface area contributed by atoms with E-state index in [0.29, 0.717) is 31.9 Å². The van der Waals surface area contributed by atoms with E-state index < -0.39 is 11.9 Å². The number of rotatable bonds is 5. The molecule has 1 unspecified atom stereocenters. The number of nitrogens with zero attached hydrogens (tertiary/aromatic N) is 4. The third-order valence-electron chi connectivity index (χ3n) is 5.20. The number of hydrogen-bond acceptors (Lipinski definition) is 5. The van der Waals surface area contributed by atoms with Gasteiger partial charge in [-0.15, -0.1) is 0 Å². The van der Waals surface area contributed by atoms with Crippen molar-refractivity contribution in [3.63, 3.8) is 0 Å². The third-order valence-corrected chi connectivity index (χ3v) is 5.20. The van der Waals surface area contributed by atoms with Crippen molar-refractivity contribution in [3.8, 4) is 17.0 Å². The lowest BCUT2D eigenvalue weighted by Gasteiger charge is -2.36. The van der Waals surface area contributed by atoms with E-state index in [1.54, 1.807) is 36.1 Å². The van der Waals surface area contributed by atoms with Gasteiger partial charge in [-0.1, -0.05) is 12.1 Å². The molecule has 0 spiro atoms. The topological polar surface area (TPSA) is 58.6 Å². The molecule has 8 heteroatoms. The maximum absolute atomic E-state index is 13.8. The van der Waals surface area contributed by atoms with Crippen LogP contribution in [-0.2, 0) is 4.79 Å². The summed E-state index contributed by atoms with van der Waals surface area (Å²) in [6.07, 6.45) is 0.697. The number of hydrogen-bond donors (Lipinski definition) is 0. The molecule has 1 amide bonds. The molecule has 1 saturated heterocycles. The van der Waals surface area contributed by atoms with E-state index in [1.165, 1.54) is 30.6 Å². The monoisotopic (exact) mass is 424 g/mol. The Balaban J connectivity index is 1.37. The summed E-state index contributed by atoms with van der Waals surface area (Å²) in [6.45, 7) is 3.82. The lowest BCUT2D eigenvalue weighted by molar-refractivity contribution is -0.138. The number of para-hydroxylation sites is 1. The Bertz CT molecular complexity index is 1050. The number of amides is 1. The predicted octanol–water partition coefficient (Wildman–Crippen LogP) is 3.54. The number of anilines is 1. The Hall–Kier alpha value is -3.55. The summed E-state index contributed by atoms with van der Waals surface area (Å²) in [5.41, 5.74) is 1.51. The third kappa shape index (κ3) is 4.79. The van der Waals surface area contributed by atoms with Crippen molar-refractivity contribution in [2.75, 3.05) is 31.1 Å². The van der Waals surface area contributed by atoms with Gasteiger partial charge >= 0.3 is 0 Å². The van der Waals surface area contributed by atoms with Crippen molar-refractivity contribution >= 4 is 11.7 Å². The minimum absolute atomic E-state index is 0.0660. The molecule has 1 fully saturated rings. The number of aromatic nitrogens is 2. The zero-order chi connectivity index (χ0) is 21.8. The van der Waals surface area contributed by atoms with Gasteiger partial charge in [0.1, 0.15) is 18.0 Å². The predicted molar refractivity (Wildman–Crippen MR) is 113 cm³/mol. The zero-order valence-electron chi connectivity index (χ0n) is 17.0. The highest BCUT2D eigenvalue weighted by atomic mass is 19.1. The summed E-state index contributed by atoms with van der Waals surface area (Å²) in [6, 6.07) is 14.0. The largest absolute Gasteiger partial charge is 0.478 e. The van der Waals surface area contributed by atoms with Gasteiger partial charge in [-0.3, -0.25) is 4.79 Å². The molecule has 31 heavy (non-hydrogen) atoms. The Kier molecular flexibility index (Phi) is 6.06. The zero-order valence-corrected chi connectivity index (χ0v) is 17.0. The van der Waals surface area contributed by atoms with E-state index in [1.807, 2.05) is 6.07 Å². The summed E-state index contributed by atoms with van der Waals surface area (Å²) in [7, 11) is 0. The second kappa shape index (κ2) is 9.07. The fraction of sp³-hybridized carbons (Fsp3) is 0.261. The second-order valence-corrected chi connectivity index (χ2v) is 7.27. The van der Waals surface area contributed by atoms with E-state index in [-0.39, 0.29) is 17.5 Å². The van der Waals surface area contributed by atoms with Gasteiger partial charge in [-0.2, -0.15) is 0 Å². The molecule has 0 aliphatic carbocycles. The molecule has 0 radical (unpaired) electrons. The van der Waals surface area contributed by atoms with Crippen molar-refractivity contribution < 1.29 is 18.3 Å². The van der Waals surface area contributed by atoms with Gasteiger partial charge in [-0.05, 0) is 43.3 Å². The summed E-state index contributed by atoms with van der Waals surface area (Å²) >= 11 is 0. The molecule has 1 aromatic heterocycles. The highest BCUT2D eigenvalue weighted by Crippen LogP contribution is 2.22. The van der Waals surface area contributed by atoms with E-state index in [0.717, 1.165) is 11.4 Å². The summed E-state index contributed by atoms with van der Waals surface area (Å²) < 4.78 is 32.5. The van der Waals surface area contributed by atoms with Crippen LogP contribution >= 0.6 is 0 Å². The maximum Gasteiger partial charge on any atom is 0.263 e. The molecule has 6 nitrogen and oxygen atoms in total. The lowest BCUT2D eigenvalue weighted by atomic mass is 10.1. The van der Waals surface area contributed by atoms with Crippen molar-refractivity contribution in [2.24, 2.45) is 0 Å². The second-order valence-electron chi connectivity index (χ2n) is 7.27. The van der Waals surface area contributed by atoms with E-state index in [2.05, 4.69) is 14.9 Å². The fourth-order valence-corrected chi connectivity index (χ4v) is 3.49. The van der Waals surface area contributed by atoms with Crippen LogP contribution in [0.25, 0.3) is 11.3 Å². The average Bonchev–Trinajstić information content (AvgIpc) is 2.81. The quantitative estimate of drug-likeness (QED) is 0.627. The standard InChI is InChI=1S/C23H22F2N4O2/c1-16(31-21-5-3-2-4-19(21)25)23(30)29-12-10-28(11-13-29)22-14-20(26-15-27-22)17-6-8-18(24)9-7-17/h2-9,14-16H,10-13H2,1H3. The van der Waals surface area contributed by atoms with Crippen LogP contribution in [0.4, 0.5) is 14.6 Å². The number of halogens is 2. The van der Waals surface area contributed by atoms with Crippen molar-refractivity contribution in [3.05, 3.63) is 72.6 Å². The minimum atomic E-state index is -0.785. The first-order valence-corrected chi connectivity index (χ1v) is 10.0. The Morgan fingerprint density at radius 2 is 1.71 bits per heavy atom. The Morgan fingerprint density at radius 1 is 1.00 bits per heavy atom. The first-order chi connectivity index (χ1) is 15.0. The van der Waals surface area contributed by atoms with Gasteiger partial charge in [0.05, 0.1) is 5.69 Å². The van der Waals surface area contributed by atoms with Crippen LogP contribution in [0.3, 0.4) is 0 Å². The molecule has 0 bridgehead atoms. The summed E-state index contributed by atoms with van der Waals surface area (Å²) in [5, 5.41) is 0. The average molecular weight is 424 g/mol. The highest BCUT2D eigenvalue weighted by Gasteiger charge is 2.27. The van der Waals surface area contributed by atoms with Gasteiger partial charge in [0.15, 0.2) is 17.7 Å². The first kappa shape index (κ1) is 20.7.